The Bertz CT molecular complexity index is 3800. The van der Waals surface area contributed by atoms with Crippen LogP contribution in [0.1, 0.15) is 22.3 Å². The van der Waals surface area contributed by atoms with Crippen LogP contribution in [-0.2, 0) is 5.41 Å². The molecule has 0 fully saturated rings. The van der Waals surface area contributed by atoms with E-state index in [1.807, 2.05) is 0 Å². The first-order chi connectivity index (χ1) is 34.8. The molecule has 0 N–H and O–H groups in total. The summed E-state index contributed by atoms with van der Waals surface area (Å²) < 4.78 is 0. The van der Waals surface area contributed by atoms with Crippen molar-refractivity contribution >= 4 is 38.6 Å². The van der Waals surface area contributed by atoms with E-state index in [2.05, 4.69) is 290 Å². The highest BCUT2D eigenvalue weighted by atomic mass is 15.2. The standard InChI is InChI=1S/C69H47N/c1-5-22-48(23-6-1)49-40-42-52(43-41-49)66-60-34-17-15-32-58(60)59-33-16-18-35-61(59)68(66)70(55-46-44-51(45-47-55)57-31-14-13-30-56(57)50-24-7-2-8-25-50)65-39-21-38-64-67(65)62-36-19-20-37-63(62)69(64,53-26-9-3-10-27-53)54-28-11-4-12-29-54/h1-47H. The number of hydrogen-bond acceptors (Lipinski definition) is 1. The largest absolute Gasteiger partial charge is 0.309 e. The first-order valence-corrected chi connectivity index (χ1v) is 24.3. The zero-order chi connectivity index (χ0) is 46.4. The maximum Gasteiger partial charge on any atom is 0.0714 e. The number of fused-ring (bicyclic) bond motifs is 6. The van der Waals surface area contributed by atoms with E-state index in [4.69, 9.17) is 0 Å². The molecule has 12 aromatic carbocycles. The lowest BCUT2D eigenvalue weighted by Gasteiger charge is -2.35. The third-order valence-corrected chi connectivity index (χ3v) is 14.6. The maximum absolute atomic E-state index is 2.59. The van der Waals surface area contributed by atoms with E-state index in [1.54, 1.807) is 0 Å². The third-order valence-electron chi connectivity index (χ3n) is 14.6. The third kappa shape index (κ3) is 6.62. The van der Waals surface area contributed by atoms with E-state index in [0.717, 1.165) is 22.6 Å². The summed E-state index contributed by atoms with van der Waals surface area (Å²) in [7, 11) is 0. The zero-order valence-corrected chi connectivity index (χ0v) is 38.6. The molecule has 328 valence electrons. The second-order valence-electron chi connectivity index (χ2n) is 18.3. The molecule has 70 heavy (non-hydrogen) atoms. The molecule has 1 aliphatic rings. The molecule has 0 aromatic heterocycles. The number of rotatable bonds is 9. The molecule has 12 aromatic rings. The van der Waals surface area contributed by atoms with Crippen LogP contribution < -0.4 is 4.90 Å². The fourth-order valence-corrected chi connectivity index (χ4v) is 11.6. The molecule has 1 heteroatoms. The SMILES string of the molecule is c1ccc(-c2ccc(-c3c(N(c4ccc(-c5ccccc5-c5ccccc5)cc4)c4cccc5c4-c4ccccc4C5(c4ccccc4)c4ccccc4)c4ccccc4c4ccccc34)cc2)cc1. The molecule has 1 aliphatic carbocycles. The highest BCUT2D eigenvalue weighted by molar-refractivity contribution is 6.23. The van der Waals surface area contributed by atoms with Crippen molar-refractivity contribution < 1.29 is 0 Å². The molecule has 0 spiro atoms. The normalized spacial score (nSPS) is 12.4. The fourth-order valence-electron chi connectivity index (χ4n) is 11.6. The van der Waals surface area contributed by atoms with Crippen molar-refractivity contribution in [3.63, 3.8) is 0 Å². The molecule has 0 heterocycles. The van der Waals surface area contributed by atoms with E-state index in [9.17, 15) is 0 Å². The van der Waals surface area contributed by atoms with Gasteiger partial charge in [-0.1, -0.05) is 267 Å². The Labute approximate surface area is 409 Å². The van der Waals surface area contributed by atoms with Crippen LogP contribution in [0, 0.1) is 0 Å². The molecule has 0 atom stereocenters. The summed E-state index contributed by atoms with van der Waals surface area (Å²) in [5.41, 5.74) is 19.8. The summed E-state index contributed by atoms with van der Waals surface area (Å²) in [5.74, 6) is 0. The first-order valence-electron chi connectivity index (χ1n) is 24.3. The Morgan fingerprint density at radius 3 is 1.27 bits per heavy atom. The lowest BCUT2D eigenvalue weighted by Crippen LogP contribution is -2.28. The number of benzene rings is 12. The van der Waals surface area contributed by atoms with Crippen molar-refractivity contribution in [2.24, 2.45) is 0 Å². The monoisotopic (exact) mass is 889 g/mol. The van der Waals surface area contributed by atoms with E-state index in [0.29, 0.717) is 0 Å². The van der Waals surface area contributed by atoms with Gasteiger partial charge in [-0.3, -0.25) is 0 Å². The number of nitrogens with zero attached hydrogens (tertiary/aromatic N) is 1. The van der Waals surface area contributed by atoms with Crippen molar-refractivity contribution in [1.29, 1.82) is 0 Å². The fraction of sp³-hybridized carbons (Fsp3) is 0.0145. The number of hydrogen-bond donors (Lipinski definition) is 0. The second kappa shape index (κ2) is 17.2. The molecule has 0 amide bonds. The van der Waals surface area contributed by atoms with Crippen LogP contribution >= 0.6 is 0 Å². The summed E-state index contributed by atoms with van der Waals surface area (Å²) in [6, 6.07) is 105. The Kier molecular flexibility index (Phi) is 10.1. The first kappa shape index (κ1) is 41.2. The van der Waals surface area contributed by atoms with Crippen molar-refractivity contribution in [3.8, 4) is 55.6 Å². The van der Waals surface area contributed by atoms with E-state index >= 15 is 0 Å². The Morgan fingerprint density at radius 2 is 0.657 bits per heavy atom. The van der Waals surface area contributed by atoms with Crippen LogP contribution in [0.5, 0.6) is 0 Å². The molecule has 13 rings (SSSR count). The van der Waals surface area contributed by atoms with Crippen molar-refractivity contribution in [1.82, 2.24) is 0 Å². The molecular formula is C69H47N. The summed E-state index contributed by atoms with van der Waals surface area (Å²) >= 11 is 0. The van der Waals surface area contributed by atoms with Crippen molar-refractivity contribution in [2.45, 2.75) is 5.41 Å². The lowest BCUT2D eigenvalue weighted by molar-refractivity contribution is 0.768. The summed E-state index contributed by atoms with van der Waals surface area (Å²) in [4.78, 5) is 2.59. The Balaban J connectivity index is 1.13. The van der Waals surface area contributed by atoms with Gasteiger partial charge in [0.1, 0.15) is 0 Å². The second-order valence-corrected chi connectivity index (χ2v) is 18.3. The van der Waals surface area contributed by atoms with Crippen LogP contribution in [0.3, 0.4) is 0 Å². The highest BCUT2D eigenvalue weighted by Crippen LogP contribution is 2.61. The van der Waals surface area contributed by atoms with Gasteiger partial charge < -0.3 is 4.90 Å². The van der Waals surface area contributed by atoms with Gasteiger partial charge in [-0.15, -0.1) is 0 Å². The van der Waals surface area contributed by atoms with Crippen LogP contribution in [0.25, 0.3) is 77.2 Å². The van der Waals surface area contributed by atoms with Gasteiger partial charge >= 0.3 is 0 Å². The van der Waals surface area contributed by atoms with Gasteiger partial charge in [0, 0.05) is 22.2 Å². The number of anilines is 3. The minimum atomic E-state index is -0.567. The predicted octanol–water partition coefficient (Wildman–Crippen LogP) is 18.5. The molecule has 0 aliphatic heterocycles. The average Bonchev–Trinajstić information content (AvgIpc) is 3.76. The lowest BCUT2D eigenvalue weighted by atomic mass is 9.68. The highest BCUT2D eigenvalue weighted by Gasteiger charge is 2.47. The Morgan fingerprint density at radius 1 is 0.243 bits per heavy atom. The zero-order valence-electron chi connectivity index (χ0n) is 38.6. The average molecular weight is 890 g/mol. The predicted molar refractivity (Wildman–Crippen MR) is 295 cm³/mol. The van der Waals surface area contributed by atoms with E-state index in [-0.39, 0.29) is 0 Å². The Hall–Kier alpha value is -9.04. The van der Waals surface area contributed by atoms with Gasteiger partial charge in [0.05, 0.1) is 16.8 Å². The minimum absolute atomic E-state index is 0.567. The van der Waals surface area contributed by atoms with Gasteiger partial charge in [0.15, 0.2) is 0 Å². The quantitative estimate of drug-likeness (QED) is 0.131. The van der Waals surface area contributed by atoms with Gasteiger partial charge in [0.25, 0.3) is 0 Å². The van der Waals surface area contributed by atoms with E-state index < -0.39 is 5.41 Å². The molecular weight excluding hydrogens is 843 g/mol. The van der Waals surface area contributed by atoms with Gasteiger partial charge in [-0.05, 0) is 101 Å². The molecule has 0 saturated carbocycles. The molecule has 1 nitrogen and oxygen atoms in total. The summed E-state index contributed by atoms with van der Waals surface area (Å²) in [6.45, 7) is 0. The van der Waals surface area contributed by atoms with Crippen molar-refractivity contribution in [2.75, 3.05) is 4.90 Å². The van der Waals surface area contributed by atoms with Crippen LogP contribution in [0.2, 0.25) is 0 Å². The summed E-state index contributed by atoms with van der Waals surface area (Å²) in [6.07, 6.45) is 0. The topological polar surface area (TPSA) is 3.24 Å². The smallest absolute Gasteiger partial charge is 0.0714 e. The maximum atomic E-state index is 2.59. The summed E-state index contributed by atoms with van der Waals surface area (Å²) in [5, 5.41) is 4.83. The van der Waals surface area contributed by atoms with Gasteiger partial charge in [-0.25, -0.2) is 0 Å². The molecule has 0 unspecified atom stereocenters. The molecule has 0 saturated heterocycles. The van der Waals surface area contributed by atoms with Gasteiger partial charge in [-0.2, -0.15) is 0 Å². The minimum Gasteiger partial charge on any atom is -0.309 e. The van der Waals surface area contributed by atoms with E-state index in [1.165, 1.54) is 93.9 Å². The van der Waals surface area contributed by atoms with Crippen molar-refractivity contribution in [3.05, 3.63) is 307 Å². The van der Waals surface area contributed by atoms with Crippen LogP contribution in [0.4, 0.5) is 17.1 Å². The van der Waals surface area contributed by atoms with Gasteiger partial charge in [0.2, 0.25) is 0 Å². The molecule has 0 radical (unpaired) electrons. The van der Waals surface area contributed by atoms with Crippen LogP contribution in [-0.4, -0.2) is 0 Å². The molecule has 0 bridgehead atoms. The van der Waals surface area contributed by atoms with Crippen LogP contribution in [0.15, 0.2) is 285 Å².